The Kier molecular flexibility index (Phi) is 10.8. The number of aliphatic hydroxyl groups is 1. The van der Waals surface area contributed by atoms with Crippen LogP contribution < -0.4 is 10.0 Å². The highest BCUT2D eigenvalue weighted by atomic mass is 32.2. The zero-order chi connectivity index (χ0) is 39.6. The first kappa shape index (κ1) is 40.2. The van der Waals surface area contributed by atoms with Crippen molar-refractivity contribution in [2.75, 3.05) is 13.7 Å². The van der Waals surface area contributed by atoms with Crippen molar-refractivity contribution in [3.63, 3.8) is 0 Å². The van der Waals surface area contributed by atoms with Crippen LogP contribution in [0.2, 0.25) is 0 Å². The molecule has 0 aliphatic heterocycles. The van der Waals surface area contributed by atoms with Crippen LogP contribution >= 0.6 is 0 Å². The fraction of sp³-hybridized carbons (Fsp3) is 0.652. The lowest BCUT2D eigenvalue weighted by atomic mass is 9.36. The van der Waals surface area contributed by atoms with Gasteiger partial charge >= 0.3 is 5.97 Å². The van der Waals surface area contributed by atoms with E-state index in [0.29, 0.717) is 59.6 Å². The molecule has 2 aromatic carbocycles. The molecule has 7 rings (SSSR count). The number of ether oxygens (including phenoxy) is 1. The number of benzene rings is 2. The largest absolute Gasteiger partial charge is 0.465 e. The fourth-order valence-corrected chi connectivity index (χ4v) is 14.8. The number of methoxy groups -OCH3 is 1. The van der Waals surface area contributed by atoms with E-state index in [1.54, 1.807) is 42.5 Å². The summed E-state index contributed by atoms with van der Waals surface area (Å²) in [7, 11) is -2.51. The van der Waals surface area contributed by atoms with E-state index in [0.717, 1.165) is 44.1 Å². The molecule has 300 valence electrons. The summed E-state index contributed by atoms with van der Waals surface area (Å²) in [4.78, 5) is 26.7. The topological polar surface area (TPSA) is 122 Å². The lowest BCUT2D eigenvalue weighted by molar-refractivity contribution is -0.216. The molecule has 5 saturated carbocycles. The Bertz CT molecular complexity index is 1930. The van der Waals surface area contributed by atoms with Gasteiger partial charge in [-0.05, 0) is 165 Å². The number of carbonyl (C=O) groups excluding carboxylic acids is 2. The average molecular weight is 773 g/mol. The van der Waals surface area contributed by atoms with Crippen LogP contribution in [0.3, 0.4) is 0 Å². The van der Waals surface area contributed by atoms with E-state index in [9.17, 15) is 23.1 Å². The van der Waals surface area contributed by atoms with E-state index in [1.165, 1.54) is 38.4 Å². The molecule has 5 aliphatic rings. The third-order valence-corrected chi connectivity index (χ3v) is 17.8. The van der Waals surface area contributed by atoms with Crippen molar-refractivity contribution in [1.82, 2.24) is 10.0 Å². The van der Waals surface area contributed by atoms with Crippen LogP contribution in [0.25, 0.3) is 0 Å². The van der Waals surface area contributed by atoms with Crippen molar-refractivity contribution in [3.05, 3.63) is 77.4 Å². The molecule has 10 unspecified atom stereocenters. The van der Waals surface area contributed by atoms with Gasteiger partial charge in [-0.15, -0.1) is 0 Å². The van der Waals surface area contributed by atoms with Crippen molar-refractivity contribution in [1.29, 1.82) is 0 Å². The minimum Gasteiger partial charge on any atom is -0.465 e. The van der Waals surface area contributed by atoms with Crippen LogP contribution in [0.1, 0.15) is 120 Å². The highest BCUT2D eigenvalue weighted by Gasteiger charge is 2.68. The van der Waals surface area contributed by atoms with E-state index < -0.39 is 21.4 Å². The number of nitrogens with one attached hydrogen (secondary N) is 2. The number of fused-ring (bicyclic) bond motifs is 7. The molecule has 5 fully saturated rings. The normalized spacial score (nSPS) is 36.4. The summed E-state index contributed by atoms with van der Waals surface area (Å²) < 4.78 is 34.0. The zero-order valence-corrected chi connectivity index (χ0v) is 34.8. The van der Waals surface area contributed by atoms with Gasteiger partial charge in [0.15, 0.2) is 0 Å². The van der Waals surface area contributed by atoms with E-state index in [4.69, 9.17) is 4.74 Å². The van der Waals surface area contributed by atoms with Crippen molar-refractivity contribution in [2.24, 2.45) is 57.2 Å². The van der Waals surface area contributed by atoms with Crippen LogP contribution in [-0.2, 0) is 32.5 Å². The van der Waals surface area contributed by atoms with E-state index in [-0.39, 0.29) is 39.7 Å². The number of esters is 1. The van der Waals surface area contributed by atoms with E-state index in [2.05, 4.69) is 51.2 Å². The molecule has 10 atom stereocenters. The molecule has 2 aromatic rings. The maximum atomic E-state index is 14.6. The molecule has 0 bridgehead atoms. The first-order valence-corrected chi connectivity index (χ1v) is 22.3. The molecular weight excluding hydrogens is 709 g/mol. The Morgan fingerprint density at radius 3 is 2.33 bits per heavy atom. The number of hydrogen-bond donors (Lipinski definition) is 3. The standard InChI is InChI=1S/C46H64N2O6S/c1-29(2)34-16-23-46(24-17-36-35(40(34)46)14-15-38-44(36,5)21-18-37-43(3,4)39(49)19-22-45(37,38)6)42(51)47-25-20-30-10-9-13-33(27-30)55(52,53)48-28-31-11-8-12-32(26-31)41(50)54-7/h8-13,26-27,34-40,48-49H,1,14-25,28H2,2-7H3,(H,47,51). The van der Waals surface area contributed by atoms with Gasteiger partial charge in [0.2, 0.25) is 15.9 Å². The van der Waals surface area contributed by atoms with Gasteiger partial charge in [0.25, 0.3) is 0 Å². The lowest BCUT2D eigenvalue weighted by Crippen LogP contribution is -2.64. The average Bonchev–Trinajstić information content (AvgIpc) is 3.57. The van der Waals surface area contributed by atoms with Crippen LogP contribution in [-0.4, -0.2) is 45.2 Å². The van der Waals surface area contributed by atoms with E-state index in [1.807, 2.05) is 6.07 Å². The first-order chi connectivity index (χ1) is 26.0. The maximum Gasteiger partial charge on any atom is 0.337 e. The van der Waals surface area contributed by atoms with Gasteiger partial charge < -0.3 is 15.2 Å². The Morgan fingerprint density at radius 1 is 0.873 bits per heavy atom. The summed E-state index contributed by atoms with van der Waals surface area (Å²) in [6.07, 6.45) is 11.0. The number of hydrogen-bond acceptors (Lipinski definition) is 6. The molecule has 0 radical (unpaired) electrons. The Balaban J connectivity index is 1.03. The first-order valence-electron chi connectivity index (χ1n) is 20.9. The highest BCUT2D eigenvalue weighted by molar-refractivity contribution is 7.89. The number of carbonyl (C=O) groups is 2. The number of sulfonamides is 1. The van der Waals surface area contributed by atoms with Gasteiger partial charge in [0, 0.05) is 13.1 Å². The second kappa shape index (κ2) is 14.7. The molecule has 0 saturated heterocycles. The van der Waals surface area contributed by atoms with Gasteiger partial charge in [-0.25, -0.2) is 17.9 Å². The predicted molar refractivity (Wildman–Crippen MR) is 215 cm³/mol. The third kappa shape index (κ3) is 6.82. The molecular formula is C46H64N2O6S. The summed E-state index contributed by atoms with van der Waals surface area (Å²) in [6.45, 7) is 16.9. The minimum absolute atomic E-state index is 0.0334. The Hall–Kier alpha value is -3.01. The predicted octanol–water partition coefficient (Wildman–Crippen LogP) is 8.24. The van der Waals surface area contributed by atoms with Crippen molar-refractivity contribution in [2.45, 2.75) is 123 Å². The Labute approximate surface area is 329 Å². The summed E-state index contributed by atoms with van der Waals surface area (Å²) in [5.41, 5.74) is 3.09. The quantitative estimate of drug-likeness (QED) is 0.165. The fourth-order valence-electron chi connectivity index (χ4n) is 13.7. The number of allylic oxidation sites excluding steroid dienone is 1. The molecule has 0 aromatic heterocycles. The SMILES string of the molecule is C=C(C)C1CCC2(C(=O)NCCc3cccc(S(=O)(=O)NCc4cccc(C(=O)OC)c4)c3)CCC3C(CCC4C3(C)CCC3C(C)(C)C(O)CCC34C)C12. The number of amides is 1. The van der Waals surface area contributed by atoms with Crippen molar-refractivity contribution < 1.29 is 27.9 Å². The highest BCUT2D eigenvalue weighted by Crippen LogP contribution is 2.73. The Morgan fingerprint density at radius 2 is 1.58 bits per heavy atom. The summed E-state index contributed by atoms with van der Waals surface area (Å²) >= 11 is 0. The summed E-state index contributed by atoms with van der Waals surface area (Å²) in [5.74, 6) is 2.63. The second-order valence-electron chi connectivity index (χ2n) is 19.3. The van der Waals surface area contributed by atoms with Crippen LogP contribution in [0.15, 0.2) is 65.6 Å². The molecule has 8 nitrogen and oxygen atoms in total. The monoisotopic (exact) mass is 772 g/mol. The minimum atomic E-state index is -3.82. The van der Waals surface area contributed by atoms with Gasteiger partial charge in [-0.2, -0.15) is 0 Å². The zero-order valence-electron chi connectivity index (χ0n) is 34.0. The smallest absolute Gasteiger partial charge is 0.337 e. The second-order valence-corrected chi connectivity index (χ2v) is 21.0. The van der Waals surface area contributed by atoms with Gasteiger partial charge in [0.1, 0.15) is 0 Å². The van der Waals surface area contributed by atoms with Gasteiger partial charge in [-0.1, -0.05) is 64.1 Å². The molecule has 55 heavy (non-hydrogen) atoms. The van der Waals surface area contributed by atoms with Crippen molar-refractivity contribution >= 4 is 21.9 Å². The van der Waals surface area contributed by atoms with Gasteiger partial charge in [0.05, 0.1) is 29.1 Å². The van der Waals surface area contributed by atoms with Crippen LogP contribution in [0.4, 0.5) is 0 Å². The molecule has 5 aliphatic carbocycles. The van der Waals surface area contributed by atoms with Crippen molar-refractivity contribution in [3.8, 4) is 0 Å². The third-order valence-electron chi connectivity index (χ3n) is 16.4. The van der Waals surface area contributed by atoms with Crippen LogP contribution in [0.5, 0.6) is 0 Å². The molecule has 3 N–H and O–H groups in total. The summed E-state index contributed by atoms with van der Waals surface area (Å²) in [6, 6.07) is 13.6. The lowest BCUT2D eigenvalue weighted by Gasteiger charge is -2.69. The number of rotatable bonds is 10. The maximum absolute atomic E-state index is 14.6. The molecule has 1 amide bonds. The molecule has 0 spiro atoms. The molecule has 9 heteroatoms. The number of aliphatic hydroxyl groups excluding tert-OH is 1. The van der Waals surface area contributed by atoms with E-state index >= 15 is 0 Å². The summed E-state index contributed by atoms with van der Waals surface area (Å²) in [5, 5.41) is 14.4. The van der Waals surface area contributed by atoms with Crippen LogP contribution in [0, 0.1) is 57.2 Å². The van der Waals surface area contributed by atoms with Gasteiger partial charge in [-0.3, -0.25) is 4.79 Å². The molecule has 0 heterocycles.